The van der Waals surface area contributed by atoms with Crippen molar-refractivity contribution in [1.82, 2.24) is 9.78 Å². The van der Waals surface area contributed by atoms with E-state index in [1.807, 2.05) is 37.3 Å². The van der Waals surface area contributed by atoms with Crippen LogP contribution >= 0.6 is 11.3 Å². The van der Waals surface area contributed by atoms with Gasteiger partial charge in [0, 0.05) is 18.0 Å². The van der Waals surface area contributed by atoms with Crippen molar-refractivity contribution in [3.63, 3.8) is 0 Å². The molecule has 0 bridgehead atoms. The molecular weight excluding hydrogens is 312 g/mol. The first kappa shape index (κ1) is 15.4. The molecule has 2 aromatic heterocycles. The summed E-state index contributed by atoms with van der Waals surface area (Å²) in [6.45, 7) is 3.89. The van der Waals surface area contributed by atoms with E-state index in [2.05, 4.69) is 5.10 Å². The van der Waals surface area contributed by atoms with Crippen LogP contribution in [0.5, 0.6) is 0 Å². The molecular formula is C17H16N2O3S. The summed E-state index contributed by atoms with van der Waals surface area (Å²) < 4.78 is 6.94. The zero-order chi connectivity index (χ0) is 16.6. The third-order valence-electron chi connectivity index (χ3n) is 3.63. The molecule has 0 fully saturated rings. The van der Waals surface area contributed by atoms with Crippen LogP contribution in [0.1, 0.15) is 22.2 Å². The van der Waals surface area contributed by atoms with E-state index in [-0.39, 0.29) is 5.56 Å². The van der Waals surface area contributed by atoms with Crippen LogP contribution < -0.4 is 5.56 Å². The minimum Gasteiger partial charge on any atom is -0.462 e. The lowest BCUT2D eigenvalue weighted by Crippen LogP contribution is -2.19. The van der Waals surface area contributed by atoms with E-state index in [9.17, 15) is 9.59 Å². The number of carbonyl (C=O) groups excluding carboxylic acids is 1. The van der Waals surface area contributed by atoms with Crippen molar-refractivity contribution in [2.75, 3.05) is 6.61 Å². The van der Waals surface area contributed by atoms with Gasteiger partial charge >= 0.3 is 5.97 Å². The normalized spacial score (nSPS) is 10.9. The van der Waals surface area contributed by atoms with E-state index in [4.69, 9.17) is 4.74 Å². The molecule has 0 aliphatic rings. The molecule has 23 heavy (non-hydrogen) atoms. The molecule has 3 rings (SSSR count). The second-order valence-electron chi connectivity index (χ2n) is 5.12. The highest BCUT2D eigenvalue weighted by Crippen LogP contribution is 2.35. The number of esters is 1. The van der Waals surface area contributed by atoms with Crippen molar-refractivity contribution < 1.29 is 9.53 Å². The number of ether oxygens (including phenoxy) is 1. The maximum Gasteiger partial charge on any atom is 0.348 e. The quantitative estimate of drug-likeness (QED) is 0.693. The van der Waals surface area contributed by atoms with Crippen molar-refractivity contribution in [3.05, 3.63) is 51.1 Å². The molecule has 0 unspecified atom stereocenters. The van der Waals surface area contributed by atoms with Crippen LogP contribution in [0.3, 0.4) is 0 Å². The standard InChI is InChI=1S/C17H16N2O3S/c1-4-22-17(21)14-10(2)12-13(11-8-6-5-7-9-11)18-19(3)16(20)15(12)23-14/h5-9H,4H2,1-3H3. The number of fused-ring (bicyclic) bond motifs is 1. The molecule has 2 heterocycles. The van der Waals surface area contributed by atoms with Crippen molar-refractivity contribution in [2.45, 2.75) is 13.8 Å². The topological polar surface area (TPSA) is 61.2 Å². The zero-order valence-electron chi connectivity index (χ0n) is 13.1. The highest BCUT2D eigenvalue weighted by Gasteiger charge is 2.22. The number of carbonyl (C=O) groups is 1. The number of thiophene rings is 1. The Morgan fingerprint density at radius 1 is 1.30 bits per heavy atom. The van der Waals surface area contributed by atoms with Gasteiger partial charge in [0.1, 0.15) is 15.3 Å². The molecule has 6 heteroatoms. The maximum atomic E-state index is 12.4. The summed E-state index contributed by atoms with van der Waals surface area (Å²) >= 11 is 1.17. The van der Waals surface area contributed by atoms with Gasteiger partial charge in [-0.25, -0.2) is 9.48 Å². The predicted octanol–water partition coefficient (Wildman–Crippen LogP) is 3.15. The highest BCUT2D eigenvalue weighted by molar-refractivity contribution is 7.21. The number of hydrogen-bond acceptors (Lipinski definition) is 5. The average Bonchev–Trinajstić information content (AvgIpc) is 2.90. The van der Waals surface area contributed by atoms with Gasteiger partial charge in [-0.15, -0.1) is 11.3 Å². The second kappa shape index (κ2) is 5.96. The molecule has 5 nitrogen and oxygen atoms in total. The zero-order valence-corrected chi connectivity index (χ0v) is 13.9. The Balaban J connectivity index is 2.36. The van der Waals surface area contributed by atoms with Gasteiger partial charge in [-0.05, 0) is 19.4 Å². The van der Waals surface area contributed by atoms with Crippen LogP contribution in [-0.2, 0) is 11.8 Å². The van der Waals surface area contributed by atoms with Crippen molar-refractivity contribution in [2.24, 2.45) is 7.05 Å². The van der Waals surface area contributed by atoms with Gasteiger partial charge in [-0.1, -0.05) is 30.3 Å². The summed E-state index contributed by atoms with van der Waals surface area (Å²) in [6, 6.07) is 9.64. The van der Waals surface area contributed by atoms with E-state index >= 15 is 0 Å². The van der Waals surface area contributed by atoms with Crippen LogP contribution in [0.25, 0.3) is 21.3 Å². The van der Waals surface area contributed by atoms with E-state index in [0.717, 1.165) is 16.5 Å². The molecule has 0 aliphatic carbocycles. The average molecular weight is 328 g/mol. The third kappa shape index (κ3) is 2.55. The lowest BCUT2D eigenvalue weighted by molar-refractivity contribution is 0.0531. The van der Waals surface area contributed by atoms with Gasteiger partial charge in [0.2, 0.25) is 0 Å². The first-order valence-corrected chi connectivity index (χ1v) is 8.09. The molecule has 3 aromatic rings. The lowest BCUT2D eigenvalue weighted by Gasteiger charge is -2.06. The molecule has 0 N–H and O–H groups in total. The van der Waals surface area contributed by atoms with Crippen molar-refractivity contribution in [3.8, 4) is 11.3 Å². The van der Waals surface area contributed by atoms with Crippen LogP contribution in [0.2, 0.25) is 0 Å². The summed E-state index contributed by atoms with van der Waals surface area (Å²) in [5, 5.41) is 5.14. The van der Waals surface area contributed by atoms with Crippen molar-refractivity contribution in [1.29, 1.82) is 0 Å². The number of benzene rings is 1. The minimum absolute atomic E-state index is 0.205. The van der Waals surface area contributed by atoms with E-state index < -0.39 is 5.97 Å². The summed E-state index contributed by atoms with van der Waals surface area (Å²) in [5.41, 5.74) is 2.15. The first-order valence-electron chi connectivity index (χ1n) is 7.27. The molecule has 0 saturated carbocycles. The Morgan fingerprint density at radius 3 is 2.65 bits per heavy atom. The predicted molar refractivity (Wildman–Crippen MR) is 91.0 cm³/mol. The van der Waals surface area contributed by atoms with E-state index in [1.54, 1.807) is 14.0 Å². The molecule has 0 saturated heterocycles. The summed E-state index contributed by atoms with van der Waals surface area (Å²) in [5.74, 6) is -0.396. The Hall–Kier alpha value is -2.47. The van der Waals surface area contributed by atoms with Gasteiger partial charge in [0.15, 0.2) is 0 Å². The SMILES string of the molecule is CCOC(=O)c1sc2c(=O)n(C)nc(-c3ccccc3)c2c1C. The first-order chi connectivity index (χ1) is 11.0. The van der Waals surface area contributed by atoms with Crippen LogP contribution in [0.15, 0.2) is 35.1 Å². The van der Waals surface area contributed by atoms with Gasteiger partial charge in [-0.2, -0.15) is 5.10 Å². The summed E-state index contributed by atoms with van der Waals surface area (Å²) in [7, 11) is 1.62. The summed E-state index contributed by atoms with van der Waals surface area (Å²) in [4.78, 5) is 25.0. The monoisotopic (exact) mass is 328 g/mol. The Morgan fingerprint density at radius 2 is 2.00 bits per heavy atom. The Bertz CT molecular complexity index is 942. The fourth-order valence-electron chi connectivity index (χ4n) is 2.53. The number of aromatic nitrogens is 2. The smallest absolute Gasteiger partial charge is 0.348 e. The molecule has 1 aromatic carbocycles. The number of aryl methyl sites for hydroxylation is 2. The lowest BCUT2D eigenvalue weighted by atomic mass is 10.1. The third-order valence-corrected chi connectivity index (χ3v) is 4.89. The van der Waals surface area contributed by atoms with Gasteiger partial charge in [0.05, 0.1) is 6.61 Å². The van der Waals surface area contributed by atoms with Crippen LogP contribution in [0.4, 0.5) is 0 Å². The fourth-order valence-corrected chi connectivity index (χ4v) is 3.70. The molecule has 118 valence electrons. The minimum atomic E-state index is -0.396. The Labute approximate surface area is 137 Å². The largest absolute Gasteiger partial charge is 0.462 e. The molecule has 0 radical (unpaired) electrons. The molecule has 0 spiro atoms. The number of nitrogens with zero attached hydrogens (tertiary/aromatic N) is 2. The van der Waals surface area contributed by atoms with Crippen molar-refractivity contribution >= 4 is 27.4 Å². The molecule has 0 amide bonds. The maximum absolute atomic E-state index is 12.4. The number of hydrogen-bond donors (Lipinski definition) is 0. The van der Waals surface area contributed by atoms with Crippen LogP contribution in [0, 0.1) is 6.92 Å². The highest BCUT2D eigenvalue weighted by atomic mass is 32.1. The fraction of sp³-hybridized carbons (Fsp3) is 0.235. The number of rotatable bonds is 3. The van der Waals surface area contributed by atoms with Gasteiger partial charge in [0.25, 0.3) is 5.56 Å². The van der Waals surface area contributed by atoms with E-state index in [1.165, 1.54) is 16.0 Å². The molecule has 0 atom stereocenters. The van der Waals surface area contributed by atoms with Gasteiger partial charge < -0.3 is 4.74 Å². The van der Waals surface area contributed by atoms with Gasteiger partial charge in [-0.3, -0.25) is 4.79 Å². The van der Waals surface area contributed by atoms with Crippen LogP contribution in [-0.4, -0.2) is 22.4 Å². The molecule has 0 aliphatic heterocycles. The Kier molecular flexibility index (Phi) is 4.00. The second-order valence-corrected chi connectivity index (χ2v) is 6.14. The summed E-state index contributed by atoms with van der Waals surface area (Å²) in [6.07, 6.45) is 0. The van der Waals surface area contributed by atoms with E-state index in [0.29, 0.717) is 21.9 Å².